The maximum atomic E-state index is 4.64. The standard InChI is InChI=1S/C15H24N4S/c1-4-15(5-2)19-9-7-13(18-19)10-16-8-6-14-11-20-12(3)17-14/h7,9,11,15-16H,4-6,8,10H2,1-3H3. The molecule has 0 aromatic carbocycles. The van der Waals surface area contributed by atoms with Crippen molar-refractivity contribution in [2.75, 3.05) is 6.54 Å². The number of nitrogens with zero attached hydrogens (tertiary/aromatic N) is 3. The summed E-state index contributed by atoms with van der Waals surface area (Å²) in [5, 5.41) is 11.4. The van der Waals surface area contributed by atoms with Crippen molar-refractivity contribution in [3.8, 4) is 0 Å². The number of aromatic nitrogens is 3. The largest absolute Gasteiger partial charge is 0.311 e. The lowest BCUT2D eigenvalue weighted by Gasteiger charge is -2.12. The summed E-state index contributed by atoms with van der Waals surface area (Å²) in [7, 11) is 0. The Morgan fingerprint density at radius 3 is 2.75 bits per heavy atom. The van der Waals surface area contributed by atoms with Gasteiger partial charge in [-0.25, -0.2) is 4.98 Å². The summed E-state index contributed by atoms with van der Waals surface area (Å²) in [4.78, 5) is 4.46. The topological polar surface area (TPSA) is 42.7 Å². The molecule has 110 valence electrons. The van der Waals surface area contributed by atoms with Gasteiger partial charge in [-0.05, 0) is 25.8 Å². The van der Waals surface area contributed by atoms with E-state index < -0.39 is 0 Å². The summed E-state index contributed by atoms with van der Waals surface area (Å²) >= 11 is 1.72. The first-order valence-electron chi connectivity index (χ1n) is 7.38. The summed E-state index contributed by atoms with van der Waals surface area (Å²) in [6, 6.07) is 2.64. The van der Waals surface area contributed by atoms with Crippen LogP contribution in [0.3, 0.4) is 0 Å². The Morgan fingerprint density at radius 1 is 1.30 bits per heavy atom. The highest BCUT2D eigenvalue weighted by Crippen LogP contribution is 2.14. The monoisotopic (exact) mass is 292 g/mol. The molecule has 20 heavy (non-hydrogen) atoms. The molecular weight excluding hydrogens is 268 g/mol. The summed E-state index contributed by atoms with van der Waals surface area (Å²) in [6.45, 7) is 8.25. The van der Waals surface area contributed by atoms with Crippen molar-refractivity contribution in [3.63, 3.8) is 0 Å². The summed E-state index contributed by atoms with van der Waals surface area (Å²) in [5.41, 5.74) is 2.30. The van der Waals surface area contributed by atoms with Crippen LogP contribution >= 0.6 is 11.3 Å². The fraction of sp³-hybridized carbons (Fsp3) is 0.600. The Kier molecular flexibility index (Phi) is 5.73. The quantitative estimate of drug-likeness (QED) is 0.759. The molecule has 0 saturated carbocycles. The van der Waals surface area contributed by atoms with Crippen LogP contribution in [0.4, 0.5) is 0 Å². The fourth-order valence-electron chi connectivity index (χ4n) is 2.29. The number of rotatable bonds is 8. The van der Waals surface area contributed by atoms with Crippen LogP contribution in [-0.4, -0.2) is 21.3 Å². The minimum absolute atomic E-state index is 0.529. The van der Waals surface area contributed by atoms with Gasteiger partial charge < -0.3 is 5.32 Å². The van der Waals surface area contributed by atoms with E-state index in [0.717, 1.165) is 43.1 Å². The number of hydrogen-bond acceptors (Lipinski definition) is 4. The molecule has 0 aliphatic carbocycles. The van der Waals surface area contributed by atoms with Gasteiger partial charge >= 0.3 is 0 Å². The molecule has 5 heteroatoms. The molecule has 0 fully saturated rings. The van der Waals surface area contributed by atoms with Crippen molar-refractivity contribution < 1.29 is 0 Å². The molecule has 0 bridgehead atoms. The van der Waals surface area contributed by atoms with Crippen LogP contribution in [0.1, 0.15) is 49.1 Å². The maximum absolute atomic E-state index is 4.64. The molecule has 2 heterocycles. The molecule has 1 N–H and O–H groups in total. The van der Waals surface area contributed by atoms with E-state index in [1.165, 1.54) is 5.69 Å². The van der Waals surface area contributed by atoms with Gasteiger partial charge in [-0.1, -0.05) is 13.8 Å². The number of aryl methyl sites for hydroxylation is 1. The van der Waals surface area contributed by atoms with E-state index in [1.807, 2.05) is 6.92 Å². The molecule has 0 aliphatic heterocycles. The lowest BCUT2D eigenvalue weighted by Crippen LogP contribution is -2.17. The predicted octanol–water partition coefficient (Wildman–Crippen LogP) is 3.34. The molecule has 2 aromatic rings. The second-order valence-electron chi connectivity index (χ2n) is 5.04. The molecule has 0 unspecified atom stereocenters. The minimum Gasteiger partial charge on any atom is -0.311 e. The number of thiazole rings is 1. The van der Waals surface area contributed by atoms with Gasteiger partial charge in [-0.3, -0.25) is 4.68 Å². The third kappa shape index (κ3) is 4.15. The molecule has 0 atom stereocenters. The van der Waals surface area contributed by atoms with Crippen molar-refractivity contribution in [1.29, 1.82) is 0 Å². The smallest absolute Gasteiger partial charge is 0.0897 e. The third-order valence-corrected chi connectivity index (χ3v) is 4.33. The molecule has 2 aromatic heterocycles. The van der Waals surface area contributed by atoms with E-state index >= 15 is 0 Å². The van der Waals surface area contributed by atoms with E-state index in [1.54, 1.807) is 11.3 Å². The lowest BCUT2D eigenvalue weighted by atomic mass is 10.2. The van der Waals surface area contributed by atoms with Gasteiger partial charge in [0.15, 0.2) is 0 Å². The maximum Gasteiger partial charge on any atom is 0.0897 e. The SMILES string of the molecule is CCC(CC)n1ccc(CNCCc2csc(C)n2)n1. The van der Waals surface area contributed by atoms with Gasteiger partial charge in [0.25, 0.3) is 0 Å². The summed E-state index contributed by atoms with van der Waals surface area (Å²) in [5.74, 6) is 0. The highest BCUT2D eigenvalue weighted by molar-refractivity contribution is 7.09. The van der Waals surface area contributed by atoms with Crippen molar-refractivity contribution in [2.45, 2.75) is 52.6 Å². The Morgan fingerprint density at radius 2 is 2.10 bits per heavy atom. The zero-order chi connectivity index (χ0) is 14.4. The molecule has 0 radical (unpaired) electrons. The molecule has 0 saturated heterocycles. The van der Waals surface area contributed by atoms with Gasteiger partial charge in [0, 0.05) is 31.1 Å². The molecular formula is C15H24N4S. The van der Waals surface area contributed by atoms with Crippen molar-refractivity contribution >= 4 is 11.3 Å². The van der Waals surface area contributed by atoms with Crippen LogP contribution in [0.5, 0.6) is 0 Å². The second-order valence-corrected chi connectivity index (χ2v) is 6.10. The van der Waals surface area contributed by atoms with Crippen molar-refractivity contribution in [1.82, 2.24) is 20.1 Å². The van der Waals surface area contributed by atoms with Gasteiger partial charge in [0.2, 0.25) is 0 Å². The first-order chi connectivity index (χ1) is 9.72. The van der Waals surface area contributed by atoms with E-state index in [2.05, 4.69) is 51.6 Å². The van der Waals surface area contributed by atoms with Gasteiger partial charge in [0.05, 0.1) is 22.4 Å². The van der Waals surface area contributed by atoms with Crippen molar-refractivity contribution in [3.05, 3.63) is 34.0 Å². The lowest BCUT2D eigenvalue weighted by molar-refractivity contribution is 0.424. The third-order valence-electron chi connectivity index (χ3n) is 3.51. The number of nitrogens with one attached hydrogen (secondary N) is 1. The molecule has 4 nitrogen and oxygen atoms in total. The van der Waals surface area contributed by atoms with Crippen LogP contribution < -0.4 is 5.32 Å². The fourth-order valence-corrected chi connectivity index (χ4v) is 2.94. The van der Waals surface area contributed by atoms with E-state index in [0.29, 0.717) is 6.04 Å². The summed E-state index contributed by atoms with van der Waals surface area (Å²) in [6.07, 6.45) is 5.35. The van der Waals surface area contributed by atoms with Gasteiger partial charge in [0.1, 0.15) is 0 Å². The Hall–Kier alpha value is -1.20. The zero-order valence-electron chi connectivity index (χ0n) is 12.6. The molecule has 0 aliphatic rings. The highest BCUT2D eigenvalue weighted by Gasteiger charge is 2.07. The first kappa shape index (κ1) is 15.2. The molecule has 0 amide bonds. The predicted molar refractivity (Wildman–Crippen MR) is 84.1 cm³/mol. The van der Waals surface area contributed by atoms with Crippen LogP contribution in [0.2, 0.25) is 0 Å². The highest BCUT2D eigenvalue weighted by atomic mass is 32.1. The minimum atomic E-state index is 0.529. The average Bonchev–Trinajstić information content (AvgIpc) is 3.06. The van der Waals surface area contributed by atoms with Crippen LogP contribution in [0, 0.1) is 6.92 Å². The Bertz CT molecular complexity index is 513. The molecule has 0 spiro atoms. The van der Waals surface area contributed by atoms with Crippen molar-refractivity contribution in [2.24, 2.45) is 0 Å². The van der Waals surface area contributed by atoms with Crippen LogP contribution in [-0.2, 0) is 13.0 Å². The zero-order valence-corrected chi connectivity index (χ0v) is 13.4. The Balaban J connectivity index is 1.74. The molecule has 2 rings (SSSR count). The van der Waals surface area contributed by atoms with E-state index in [4.69, 9.17) is 0 Å². The van der Waals surface area contributed by atoms with Crippen LogP contribution in [0.15, 0.2) is 17.6 Å². The van der Waals surface area contributed by atoms with Gasteiger partial charge in [-0.2, -0.15) is 5.10 Å². The Labute approximate surface area is 125 Å². The van der Waals surface area contributed by atoms with Crippen LogP contribution in [0.25, 0.3) is 0 Å². The number of hydrogen-bond donors (Lipinski definition) is 1. The van der Waals surface area contributed by atoms with Gasteiger partial charge in [-0.15, -0.1) is 11.3 Å². The first-order valence-corrected chi connectivity index (χ1v) is 8.26. The summed E-state index contributed by atoms with van der Waals surface area (Å²) < 4.78 is 2.10. The van der Waals surface area contributed by atoms with E-state index in [9.17, 15) is 0 Å². The second kappa shape index (κ2) is 7.55. The average molecular weight is 292 g/mol. The van der Waals surface area contributed by atoms with E-state index in [-0.39, 0.29) is 0 Å². The normalized spacial score (nSPS) is 11.4.